The summed E-state index contributed by atoms with van der Waals surface area (Å²) in [5, 5.41) is 10.9. The molecule has 3 aromatic rings. The Hall–Kier alpha value is -2.43. The fourth-order valence-corrected chi connectivity index (χ4v) is 5.15. The zero-order chi connectivity index (χ0) is 22.2. The van der Waals surface area contributed by atoms with Gasteiger partial charge in [-0.25, -0.2) is 4.39 Å². The number of nitrogens with one attached hydrogen (secondary N) is 1. The number of aliphatic hydroxyl groups excluding tert-OH is 1. The minimum atomic E-state index is -0.369. The predicted molar refractivity (Wildman–Crippen MR) is 127 cm³/mol. The first kappa shape index (κ1) is 22.8. The summed E-state index contributed by atoms with van der Waals surface area (Å²) >= 11 is 0. The van der Waals surface area contributed by atoms with Gasteiger partial charge in [-0.3, -0.25) is 0 Å². The number of quaternary nitrogens is 1. The molecule has 1 saturated carbocycles. The molecule has 1 unspecified atom stereocenters. The van der Waals surface area contributed by atoms with E-state index in [4.69, 9.17) is 0 Å². The number of benzene rings is 2. The number of hydrogen-bond donors (Lipinski definition) is 2. The molecule has 0 spiro atoms. The largest absolute Gasteiger partial charge is 0.387 e. The Labute approximate surface area is 191 Å². The molecule has 1 aliphatic rings. The molecule has 1 aromatic heterocycles. The van der Waals surface area contributed by atoms with Gasteiger partial charge in [0.1, 0.15) is 25.0 Å². The van der Waals surface area contributed by atoms with Gasteiger partial charge in [-0.05, 0) is 36.6 Å². The normalized spacial score (nSPS) is 16.7. The molecule has 32 heavy (non-hydrogen) atoms. The van der Waals surface area contributed by atoms with E-state index in [0.29, 0.717) is 18.5 Å². The fourth-order valence-electron chi connectivity index (χ4n) is 5.15. The monoisotopic (exact) mass is 435 g/mol. The van der Waals surface area contributed by atoms with Crippen LogP contribution in [0.25, 0.3) is 0 Å². The third-order valence-electron chi connectivity index (χ3n) is 6.79. The minimum Gasteiger partial charge on any atom is -0.387 e. The van der Waals surface area contributed by atoms with Crippen molar-refractivity contribution in [1.82, 2.24) is 4.57 Å². The first-order chi connectivity index (χ1) is 15.7. The van der Waals surface area contributed by atoms with Gasteiger partial charge in [0.25, 0.3) is 0 Å². The van der Waals surface area contributed by atoms with Crippen molar-refractivity contribution < 1.29 is 14.4 Å². The van der Waals surface area contributed by atoms with E-state index in [1.165, 1.54) is 54.3 Å². The van der Waals surface area contributed by atoms with Crippen molar-refractivity contribution in [3.63, 3.8) is 0 Å². The lowest BCUT2D eigenvalue weighted by atomic mass is 9.89. The first-order valence-corrected chi connectivity index (χ1v) is 12.1. The second-order valence-corrected chi connectivity index (χ2v) is 9.40. The highest BCUT2D eigenvalue weighted by Gasteiger charge is 2.23. The van der Waals surface area contributed by atoms with Gasteiger partial charge in [0.15, 0.2) is 0 Å². The molecule has 2 N–H and O–H groups in total. The van der Waals surface area contributed by atoms with Gasteiger partial charge in [0.2, 0.25) is 0 Å². The SMILES string of the molecule is O[C@@H](Cc1ccccc1)C[NH+](Cc1cccn1Cc1ccccc1F)CC1CCCCC1. The summed E-state index contributed by atoms with van der Waals surface area (Å²) in [6, 6.07) is 21.5. The van der Waals surface area contributed by atoms with Crippen molar-refractivity contribution in [2.75, 3.05) is 13.1 Å². The van der Waals surface area contributed by atoms with Crippen molar-refractivity contribution in [1.29, 1.82) is 0 Å². The quantitative estimate of drug-likeness (QED) is 0.490. The van der Waals surface area contributed by atoms with E-state index in [1.807, 2.05) is 36.5 Å². The summed E-state index contributed by atoms with van der Waals surface area (Å²) in [4.78, 5) is 1.42. The lowest BCUT2D eigenvalue weighted by molar-refractivity contribution is -0.920. The Bertz CT molecular complexity index is 949. The highest BCUT2D eigenvalue weighted by atomic mass is 19.1. The zero-order valence-electron chi connectivity index (χ0n) is 18.9. The van der Waals surface area contributed by atoms with Gasteiger partial charge in [-0.15, -0.1) is 0 Å². The Kier molecular flexibility index (Phi) is 8.13. The number of halogens is 1. The van der Waals surface area contributed by atoms with Crippen LogP contribution in [-0.4, -0.2) is 28.9 Å². The first-order valence-electron chi connectivity index (χ1n) is 12.1. The van der Waals surface area contributed by atoms with Crippen LogP contribution in [0.2, 0.25) is 0 Å². The molecule has 2 atom stereocenters. The Morgan fingerprint density at radius 2 is 1.69 bits per heavy atom. The predicted octanol–water partition coefficient (Wildman–Crippen LogP) is 4.24. The summed E-state index contributed by atoms with van der Waals surface area (Å²) in [6.45, 7) is 3.22. The molecule has 0 aliphatic heterocycles. The molecule has 0 amide bonds. The van der Waals surface area contributed by atoms with Crippen LogP contribution in [0.15, 0.2) is 72.9 Å². The third-order valence-corrected chi connectivity index (χ3v) is 6.79. The van der Waals surface area contributed by atoms with E-state index >= 15 is 0 Å². The summed E-state index contributed by atoms with van der Waals surface area (Å²) in [5.41, 5.74) is 3.09. The average molecular weight is 436 g/mol. The molecule has 1 fully saturated rings. The van der Waals surface area contributed by atoms with Crippen LogP contribution in [0.5, 0.6) is 0 Å². The number of aliphatic hydroxyl groups is 1. The van der Waals surface area contributed by atoms with Crippen LogP contribution in [0.1, 0.15) is 48.9 Å². The fraction of sp³-hybridized carbons (Fsp3) is 0.429. The highest BCUT2D eigenvalue weighted by molar-refractivity contribution is 5.19. The Morgan fingerprint density at radius 3 is 2.47 bits per heavy atom. The molecular weight excluding hydrogens is 399 g/mol. The van der Waals surface area contributed by atoms with Crippen LogP contribution in [-0.2, 0) is 19.5 Å². The van der Waals surface area contributed by atoms with Crippen LogP contribution >= 0.6 is 0 Å². The van der Waals surface area contributed by atoms with Crippen molar-refractivity contribution in [3.05, 3.63) is 95.6 Å². The summed E-state index contributed by atoms with van der Waals surface area (Å²) in [7, 11) is 0. The second kappa shape index (κ2) is 11.4. The lowest BCUT2D eigenvalue weighted by Gasteiger charge is -2.29. The van der Waals surface area contributed by atoms with Gasteiger partial charge in [-0.1, -0.05) is 67.8 Å². The maximum Gasteiger partial charge on any atom is 0.128 e. The number of aromatic nitrogens is 1. The Balaban J connectivity index is 1.45. The molecular formula is C28H36FN2O+. The van der Waals surface area contributed by atoms with E-state index in [0.717, 1.165) is 25.6 Å². The van der Waals surface area contributed by atoms with E-state index < -0.39 is 0 Å². The van der Waals surface area contributed by atoms with Gasteiger partial charge in [-0.2, -0.15) is 0 Å². The van der Waals surface area contributed by atoms with Crippen molar-refractivity contribution in [3.8, 4) is 0 Å². The van der Waals surface area contributed by atoms with Gasteiger partial charge >= 0.3 is 0 Å². The number of hydrogen-bond acceptors (Lipinski definition) is 1. The van der Waals surface area contributed by atoms with Gasteiger partial charge in [0, 0.05) is 24.1 Å². The maximum absolute atomic E-state index is 14.2. The van der Waals surface area contributed by atoms with E-state index in [-0.39, 0.29) is 11.9 Å². The number of rotatable bonds is 10. The molecule has 2 aromatic carbocycles. The van der Waals surface area contributed by atoms with Crippen LogP contribution in [0, 0.1) is 11.7 Å². The molecule has 4 heteroatoms. The van der Waals surface area contributed by atoms with Crippen LogP contribution < -0.4 is 4.90 Å². The molecule has 4 rings (SSSR count). The van der Waals surface area contributed by atoms with Crippen LogP contribution in [0.4, 0.5) is 4.39 Å². The van der Waals surface area contributed by atoms with Crippen molar-refractivity contribution in [2.24, 2.45) is 5.92 Å². The molecule has 3 nitrogen and oxygen atoms in total. The molecule has 170 valence electrons. The number of nitrogens with zero attached hydrogens (tertiary/aromatic N) is 1. The minimum absolute atomic E-state index is 0.156. The third kappa shape index (κ3) is 6.54. The zero-order valence-corrected chi connectivity index (χ0v) is 18.9. The topological polar surface area (TPSA) is 29.6 Å². The standard InChI is InChI=1S/C28H35FN2O/c29-28-16-8-7-14-25(28)20-31-17-9-15-26(31)21-30(19-24-12-5-2-6-13-24)22-27(32)18-23-10-3-1-4-11-23/h1,3-4,7-11,14-17,24,27,32H,2,5-6,12-13,18-22H2/p+1/t27-/m0/s1. The molecule has 0 saturated heterocycles. The Morgan fingerprint density at radius 1 is 0.938 bits per heavy atom. The summed E-state index contributed by atoms with van der Waals surface area (Å²) < 4.78 is 16.4. The maximum atomic E-state index is 14.2. The van der Waals surface area contributed by atoms with E-state index in [1.54, 1.807) is 6.07 Å². The highest BCUT2D eigenvalue weighted by Crippen LogP contribution is 2.22. The summed E-state index contributed by atoms with van der Waals surface area (Å²) in [5.74, 6) is 0.578. The van der Waals surface area contributed by atoms with Crippen molar-refractivity contribution >= 4 is 0 Å². The van der Waals surface area contributed by atoms with E-state index in [2.05, 4.69) is 28.8 Å². The lowest BCUT2D eigenvalue weighted by Crippen LogP contribution is -3.12. The van der Waals surface area contributed by atoms with Crippen LogP contribution in [0.3, 0.4) is 0 Å². The van der Waals surface area contributed by atoms with Gasteiger partial charge in [0.05, 0.1) is 18.8 Å². The molecule has 1 heterocycles. The smallest absolute Gasteiger partial charge is 0.128 e. The average Bonchev–Trinajstić information content (AvgIpc) is 3.23. The molecule has 1 aliphatic carbocycles. The summed E-state index contributed by atoms with van der Waals surface area (Å²) in [6.07, 6.45) is 8.97. The van der Waals surface area contributed by atoms with E-state index in [9.17, 15) is 9.50 Å². The molecule has 0 radical (unpaired) electrons. The molecule has 0 bridgehead atoms. The van der Waals surface area contributed by atoms with Gasteiger partial charge < -0.3 is 14.6 Å². The van der Waals surface area contributed by atoms with Crippen molar-refractivity contribution in [2.45, 2.75) is 57.7 Å². The second-order valence-electron chi connectivity index (χ2n) is 9.40.